The zero-order valence-electron chi connectivity index (χ0n) is 16.5. The van der Waals surface area contributed by atoms with Crippen LogP contribution >= 0.6 is 28.3 Å². The molecule has 0 aliphatic carbocycles. The van der Waals surface area contributed by atoms with Crippen LogP contribution in [0.15, 0.2) is 22.7 Å². The Balaban J connectivity index is 0.00000289. The fourth-order valence-corrected chi connectivity index (χ4v) is 4.30. The molecule has 3 N–H and O–H groups in total. The third-order valence-electron chi connectivity index (χ3n) is 5.17. The maximum Gasteiger partial charge on any atom is 0.404 e. The highest BCUT2D eigenvalue weighted by Gasteiger charge is 2.31. The fourth-order valence-electron chi connectivity index (χ4n) is 3.67. The Morgan fingerprint density at radius 1 is 1.41 bits per heavy atom. The van der Waals surface area contributed by atoms with E-state index in [4.69, 9.17) is 20.1 Å². The van der Waals surface area contributed by atoms with Gasteiger partial charge in [-0.15, -0.1) is 12.4 Å². The summed E-state index contributed by atoms with van der Waals surface area (Å²) in [4.78, 5) is 29.5. The number of anilines is 2. The molecule has 2 aliphatic rings. The summed E-state index contributed by atoms with van der Waals surface area (Å²) in [5.74, 6) is -0.139. The summed E-state index contributed by atoms with van der Waals surface area (Å²) in [7, 11) is 0. The molecular weight excluding hydrogens is 509 g/mol. The van der Waals surface area contributed by atoms with Gasteiger partial charge in [-0.3, -0.25) is 4.79 Å². The van der Waals surface area contributed by atoms with Gasteiger partial charge >= 0.3 is 6.09 Å². The van der Waals surface area contributed by atoms with Crippen LogP contribution in [0.5, 0.6) is 5.75 Å². The number of carbonyl (C=O) groups is 2. The highest BCUT2D eigenvalue weighted by Crippen LogP contribution is 2.46. The van der Waals surface area contributed by atoms with E-state index in [0.29, 0.717) is 58.9 Å². The van der Waals surface area contributed by atoms with Crippen molar-refractivity contribution in [3.05, 3.63) is 34.1 Å². The molecule has 0 spiro atoms. The Kier molecular flexibility index (Phi) is 7.06. The molecule has 168 valence electrons. The number of nitriles is 1. The molecule has 1 aromatic heterocycles. The number of nitrogens with zero attached hydrogens (tertiary/aromatic N) is 3. The number of rotatable bonds is 3. The number of hydrogen-bond donors (Lipinski definition) is 3. The molecule has 3 heterocycles. The number of pyridine rings is 1. The van der Waals surface area contributed by atoms with E-state index in [1.165, 1.54) is 12.1 Å². The van der Waals surface area contributed by atoms with E-state index in [1.54, 1.807) is 12.1 Å². The highest BCUT2D eigenvalue weighted by molar-refractivity contribution is 9.10. The van der Waals surface area contributed by atoms with Gasteiger partial charge in [-0.25, -0.2) is 14.2 Å². The lowest BCUT2D eigenvalue weighted by Gasteiger charge is -2.35. The van der Waals surface area contributed by atoms with E-state index in [9.17, 15) is 14.0 Å². The molecule has 0 radical (unpaired) electrons. The van der Waals surface area contributed by atoms with Gasteiger partial charge in [0.05, 0.1) is 15.7 Å². The average molecular weight is 527 g/mol. The molecule has 1 saturated heterocycles. The molecule has 2 aliphatic heterocycles. The van der Waals surface area contributed by atoms with Crippen molar-refractivity contribution >= 4 is 51.8 Å². The first-order chi connectivity index (χ1) is 14.9. The van der Waals surface area contributed by atoms with Crippen LogP contribution in [-0.2, 0) is 4.79 Å². The molecule has 12 heteroatoms. The summed E-state index contributed by atoms with van der Waals surface area (Å²) >= 11 is 3.46. The normalized spacial score (nSPS) is 15.5. The van der Waals surface area contributed by atoms with Crippen LogP contribution in [0.3, 0.4) is 0 Å². The zero-order chi connectivity index (χ0) is 22.1. The molecule has 2 aromatic rings. The van der Waals surface area contributed by atoms with Gasteiger partial charge in [0, 0.05) is 24.7 Å². The zero-order valence-corrected chi connectivity index (χ0v) is 18.9. The van der Waals surface area contributed by atoms with E-state index in [0.717, 1.165) is 0 Å². The Hall–Kier alpha value is -3.10. The van der Waals surface area contributed by atoms with Crippen molar-refractivity contribution in [1.29, 1.82) is 5.26 Å². The van der Waals surface area contributed by atoms with Gasteiger partial charge < -0.3 is 25.4 Å². The minimum absolute atomic E-state index is 0. The van der Waals surface area contributed by atoms with Crippen LogP contribution in [-0.4, -0.2) is 47.8 Å². The van der Waals surface area contributed by atoms with Crippen molar-refractivity contribution in [2.75, 3.05) is 29.9 Å². The maximum atomic E-state index is 14.2. The fraction of sp³-hybridized carbons (Fsp3) is 0.300. The monoisotopic (exact) mass is 525 g/mol. The Morgan fingerprint density at radius 2 is 2.12 bits per heavy atom. The number of ether oxygens (including phenoxy) is 1. The number of nitrogens with one attached hydrogen (secondary N) is 2. The summed E-state index contributed by atoms with van der Waals surface area (Å²) in [5.41, 5.74) is 1.18. The van der Waals surface area contributed by atoms with Gasteiger partial charge in [0.15, 0.2) is 18.2 Å². The Bertz CT molecular complexity index is 1120. The topological polar surface area (TPSA) is 128 Å². The van der Waals surface area contributed by atoms with Gasteiger partial charge in [-0.1, -0.05) is 6.07 Å². The van der Waals surface area contributed by atoms with Gasteiger partial charge in [-0.2, -0.15) is 5.26 Å². The number of halogens is 3. The van der Waals surface area contributed by atoms with Gasteiger partial charge in [0.25, 0.3) is 5.91 Å². The summed E-state index contributed by atoms with van der Waals surface area (Å²) in [6, 6.07) is 5.82. The maximum absolute atomic E-state index is 14.2. The molecule has 2 amide bonds. The second kappa shape index (κ2) is 9.58. The average Bonchev–Trinajstić information content (AvgIpc) is 2.74. The standard InChI is InChI=1S/C20H17BrFN5O4.ClH/c21-15-16(10-1-2-11(8-23)13(22)7-10)26-19(17-18(15)31-9-14(28)25-17)27-5-3-12(4-6-27)24-20(29)30;/h1-2,7,12,24H,3-6,9H2,(H,25,28)(H,29,30);1H. The van der Waals surface area contributed by atoms with Gasteiger partial charge in [0.2, 0.25) is 0 Å². The lowest BCUT2D eigenvalue weighted by Crippen LogP contribution is -2.45. The first-order valence-electron chi connectivity index (χ1n) is 9.48. The number of carbonyl (C=O) groups excluding carboxylic acids is 1. The first kappa shape index (κ1) is 23.6. The molecular formula is C20H18BrClFN5O4. The molecule has 0 atom stereocenters. The largest absolute Gasteiger partial charge is 0.480 e. The van der Waals surface area contributed by atoms with Crippen LogP contribution < -0.4 is 20.3 Å². The van der Waals surface area contributed by atoms with Gasteiger partial charge in [0.1, 0.15) is 17.6 Å². The molecule has 9 nitrogen and oxygen atoms in total. The number of benzene rings is 1. The lowest BCUT2D eigenvalue weighted by molar-refractivity contribution is -0.118. The third-order valence-corrected chi connectivity index (χ3v) is 5.91. The number of fused-ring (bicyclic) bond motifs is 1. The molecule has 4 rings (SSSR count). The Morgan fingerprint density at radius 3 is 2.75 bits per heavy atom. The number of carboxylic acid groups (broad SMARTS) is 1. The molecule has 1 aromatic carbocycles. The van der Waals surface area contributed by atoms with Crippen molar-refractivity contribution in [1.82, 2.24) is 10.3 Å². The van der Waals surface area contributed by atoms with Crippen molar-refractivity contribution in [3.8, 4) is 23.1 Å². The van der Waals surface area contributed by atoms with Crippen LogP contribution in [0, 0.1) is 17.1 Å². The predicted octanol–water partition coefficient (Wildman–Crippen LogP) is 3.51. The molecule has 1 fully saturated rings. The van der Waals surface area contributed by atoms with E-state index in [1.807, 2.05) is 4.90 Å². The lowest BCUT2D eigenvalue weighted by atomic mass is 10.0. The van der Waals surface area contributed by atoms with Crippen molar-refractivity contribution in [3.63, 3.8) is 0 Å². The van der Waals surface area contributed by atoms with Crippen LogP contribution in [0.4, 0.5) is 20.7 Å². The number of piperidine rings is 1. The van der Waals surface area contributed by atoms with Crippen molar-refractivity contribution < 1.29 is 23.8 Å². The summed E-state index contributed by atoms with van der Waals surface area (Å²) in [5, 5.41) is 23.2. The van der Waals surface area contributed by atoms with E-state index < -0.39 is 11.9 Å². The van der Waals surface area contributed by atoms with E-state index >= 15 is 0 Å². The predicted molar refractivity (Wildman–Crippen MR) is 120 cm³/mol. The minimum atomic E-state index is -1.07. The molecule has 0 saturated carbocycles. The molecule has 0 bridgehead atoms. The molecule has 0 unspecified atom stereocenters. The number of amides is 2. The summed E-state index contributed by atoms with van der Waals surface area (Å²) in [6.07, 6.45) is 0.0616. The highest BCUT2D eigenvalue weighted by atomic mass is 79.9. The second-order valence-corrected chi connectivity index (χ2v) is 7.95. The third kappa shape index (κ3) is 4.56. The number of aromatic nitrogens is 1. The SMILES string of the molecule is Cl.N#Cc1ccc(-c2nc(N3CCC(NC(=O)O)CC3)c3c(c2Br)OCC(=O)N3)cc1F. The van der Waals surface area contributed by atoms with Crippen LogP contribution in [0.25, 0.3) is 11.3 Å². The number of hydrogen-bond acceptors (Lipinski definition) is 6. The minimum Gasteiger partial charge on any atom is -0.480 e. The second-order valence-electron chi connectivity index (χ2n) is 7.16. The molecule has 32 heavy (non-hydrogen) atoms. The summed E-state index contributed by atoms with van der Waals surface area (Å²) in [6.45, 7) is 0.840. The van der Waals surface area contributed by atoms with E-state index in [-0.39, 0.29) is 36.5 Å². The van der Waals surface area contributed by atoms with Crippen molar-refractivity contribution in [2.45, 2.75) is 18.9 Å². The summed E-state index contributed by atoms with van der Waals surface area (Å²) < 4.78 is 20.3. The first-order valence-corrected chi connectivity index (χ1v) is 10.3. The van der Waals surface area contributed by atoms with Gasteiger partial charge in [-0.05, 0) is 40.9 Å². The van der Waals surface area contributed by atoms with E-state index in [2.05, 4.69) is 26.6 Å². The Labute approximate surface area is 197 Å². The smallest absolute Gasteiger partial charge is 0.404 e. The van der Waals surface area contributed by atoms with Crippen LogP contribution in [0.1, 0.15) is 18.4 Å². The van der Waals surface area contributed by atoms with Crippen LogP contribution in [0.2, 0.25) is 0 Å². The quantitative estimate of drug-likeness (QED) is 0.558. The van der Waals surface area contributed by atoms with Crippen molar-refractivity contribution in [2.24, 2.45) is 0 Å².